The average molecular weight is 436 g/mol. The molecule has 156 valence electrons. The zero-order chi connectivity index (χ0) is 22.0. The molecule has 31 heavy (non-hydrogen) atoms. The van der Waals surface area contributed by atoms with Crippen LogP contribution in [0.4, 0.5) is 17.1 Å². The van der Waals surface area contributed by atoms with Crippen LogP contribution in [0.5, 0.6) is 5.75 Å². The van der Waals surface area contributed by atoms with Crippen molar-refractivity contribution in [1.29, 1.82) is 0 Å². The molecule has 0 spiro atoms. The van der Waals surface area contributed by atoms with E-state index in [2.05, 4.69) is 0 Å². The van der Waals surface area contributed by atoms with Crippen molar-refractivity contribution < 1.29 is 24.0 Å². The third kappa shape index (κ3) is 3.95. The first kappa shape index (κ1) is 20.4. The number of esters is 1. The van der Waals surface area contributed by atoms with Crippen LogP contribution in [0.25, 0.3) is 0 Å². The molecule has 1 heterocycles. The van der Waals surface area contributed by atoms with E-state index in [4.69, 9.17) is 9.47 Å². The number of anilines is 2. The summed E-state index contributed by atoms with van der Waals surface area (Å²) in [6.45, 7) is -0.522. The van der Waals surface area contributed by atoms with Gasteiger partial charge in [0.25, 0.3) is 5.91 Å². The molecular formula is C22H16N2O6S. The van der Waals surface area contributed by atoms with Gasteiger partial charge in [0.15, 0.2) is 12.4 Å². The summed E-state index contributed by atoms with van der Waals surface area (Å²) in [4.78, 5) is 39.3. The number of ether oxygens (including phenoxy) is 2. The van der Waals surface area contributed by atoms with Crippen LogP contribution in [0.3, 0.4) is 0 Å². The van der Waals surface area contributed by atoms with Gasteiger partial charge in [0.2, 0.25) is 0 Å². The maximum Gasteiger partial charge on any atom is 0.338 e. The largest absolute Gasteiger partial charge is 0.490 e. The number of amides is 1. The van der Waals surface area contributed by atoms with Crippen molar-refractivity contribution >= 4 is 40.7 Å². The van der Waals surface area contributed by atoms with E-state index in [-0.39, 0.29) is 17.0 Å². The Morgan fingerprint density at radius 2 is 1.61 bits per heavy atom. The first-order valence-electron chi connectivity index (χ1n) is 9.18. The van der Waals surface area contributed by atoms with Crippen LogP contribution in [0, 0.1) is 10.1 Å². The number of methoxy groups -OCH3 is 1. The molecule has 0 aliphatic carbocycles. The number of nitro benzene ring substituents is 1. The highest BCUT2D eigenvalue weighted by molar-refractivity contribution is 7.99. The molecule has 3 aromatic carbocycles. The maximum absolute atomic E-state index is 13.0. The van der Waals surface area contributed by atoms with E-state index in [1.165, 1.54) is 24.1 Å². The number of carbonyl (C=O) groups excluding carboxylic acids is 2. The van der Waals surface area contributed by atoms with Gasteiger partial charge >= 0.3 is 11.7 Å². The molecule has 0 bridgehead atoms. The van der Waals surface area contributed by atoms with Gasteiger partial charge in [-0.3, -0.25) is 19.8 Å². The van der Waals surface area contributed by atoms with Crippen molar-refractivity contribution in [2.24, 2.45) is 0 Å². The molecule has 0 aromatic heterocycles. The van der Waals surface area contributed by atoms with Crippen LogP contribution in [0.15, 0.2) is 76.5 Å². The number of nitrogens with zero attached hydrogens (tertiary/aromatic N) is 2. The number of fused-ring (bicyclic) bond motifs is 2. The number of hydrogen-bond acceptors (Lipinski definition) is 7. The number of rotatable bonds is 5. The van der Waals surface area contributed by atoms with E-state index in [1.54, 1.807) is 11.8 Å². The third-order valence-electron chi connectivity index (χ3n) is 4.62. The van der Waals surface area contributed by atoms with E-state index in [9.17, 15) is 19.7 Å². The van der Waals surface area contributed by atoms with Crippen molar-refractivity contribution in [1.82, 2.24) is 0 Å². The van der Waals surface area contributed by atoms with Gasteiger partial charge in [0, 0.05) is 15.9 Å². The van der Waals surface area contributed by atoms with Crippen LogP contribution < -0.4 is 9.64 Å². The molecule has 0 fully saturated rings. The lowest BCUT2D eigenvalue weighted by molar-refractivity contribution is -0.385. The summed E-state index contributed by atoms with van der Waals surface area (Å²) in [5, 5.41) is 11.2. The smallest absolute Gasteiger partial charge is 0.338 e. The molecule has 0 saturated heterocycles. The zero-order valence-electron chi connectivity index (χ0n) is 16.3. The molecule has 9 heteroatoms. The van der Waals surface area contributed by atoms with Crippen LogP contribution in [0.2, 0.25) is 0 Å². The predicted molar refractivity (Wildman–Crippen MR) is 114 cm³/mol. The first-order chi connectivity index (χ1) is 15.0. The lowest BCUT2D eigenvalue weighted by atomic mass is 10.2. The standard InChI is InChI=1S/C22H16N2O6S/c1-29-18-11-10-14(12-17(18)24(27)28)22(26)30-13-21(25)23-15-6-2-4-8-19(15)31-20-9-5-3-7-16(20)23/h2-12H,13H2,1H3. The fourth-order valence-electron chi connectivity index (χ4n) is 3.21. The van der Waals surface area contributed by atoms with Crippen molar-refractivity contribution in [3.63, 3.8) is 0 Å². The van der Waals surface area contributed by atoms with Gasteiger partial charge in [-0.1, -0.05) is 36.0 Å². The number of carbonyl (C=O) groups is 2. The predicted octanol–water partition coefficient (Wildman–Crippen LogP) is 4.59. The molecule has 3 aromatic rings. The number of benzene rings is 3. The minimum Gasteiger partial charge on any atom is -0.490 e. The Hall–Kier alpha value is -3.85. The van der Waals surface area contributed by atoms with Crippen molar-refractivity contribution in [2.75, 3.05) is 18.6 Å². The van der Waals surface area contributed by atoms with Crippen LogP contribution in [-0.2, 0) is 9.53 Å². The van der Waals surface area contributed by atoms with E-state index in [0.29, 0.717) is 11.4 Å². The number of para-hydroxylation sites is 2. The second kappa shape index (κ2) is 8.49. The zero-order valence-corrected chi connectivity index (χ0v) is 17.1. The summed E-state index contributed by atoms with van der Waals surface area (Å²) in [6.07, 6.45) is 0. The van der Waals surface area contributed by atoms with Crippen LogP contribution in [0.1, 0.15) is 10.4 Å². The molecule has 0 radical (unpaired) electrons. The Labute approximate surface area is 181 Å². The monoisotopic (exact) mass is 436 g/mol. The van der Waals surface area contributed by atoms with Crippen molar-refractivity contribution in [3.05, 3.63) is 82.4 Å². The summed E-state index contributed by atoms with van der Waals surface area (Å²) in [5.41, 5.74) is 0.995. The normalized spacial score (nSPS) is 11.8. The molecule has 1 amide bonds. The fraction of sp³-hybridized carbons (Fsp3) is 0.0909. The van der Waals surface area contributed by atoms with E-state index >= 15 is 0 Å². The molecule has 0 N–H and O–H groups in total. The number of hydrogen-bond donors (Lipinski definition) is 0. The quantitative estimate of drug-likeness (QED) is 0.328. The van der Waals surface area contributed by atoms with Crippen LogP contribution >= 0.6 is 11.8 Å². The lowest BCUT2D eigenvalue weighted by Crippen LogP contribution is -2.32. The Kier molecular flexibility index (Phi) is 5.59. The van der Waals surface area contributed by atoms with E-state index in [0.717, 1.165) is 15.9 Å². The Balaban J connectivity index is 1.55. The second-order valence-electron chi connectivity index (χ2n) is 6.49. The molecule has 4 rings (SSSR count). The first-order valence-corrected chi connectivity index (χ1v) is 9.99. The summed E-state index contributed by atoms with van der Waals surface area (Å²) >= 11 is 1.56. The van der Waals surface area contributed by atoms with Gasteiger partial charge in [0.1, 0.15) is 0 Å². The second-order valence-corrected chi connectivity index (χ2v) is 7.57. The molecule has 8 nitrogen and oxygen atoms in total. The number of nitro groups is 1. The SMILES string of the molecule is COc1ccc(C(=O)OCC(=O)N2c3ccccc3Sc3ccccc32)cc1[N+](=O)[O-]. The highest BCUT2D eigenvalue weighted by Crippen LogP contribution is 2.47. The van der Waals surface area contributed by atoms with Gasteiger partial charge in [-0.15, -0.1) is 0 Å². The van der Waals surface area contributed by atoms with Gasteiger partial charge in [-0.25, -0.2) is 4.79 Å². The highest BCUT2D eigenvalue weighted by atomic mass is 32.2. The van der Waals surface area contributed by atoms with Gasteiger partial charge in [-0.05, 0) is 36.4 Å². The highest BCUT2D eigenvalue weighted by Gasteiger charge is 2.29. The van der Waals surface area contributed by atoms with E-state index < -0.39 is 23.4 Å². The average Bonchev–Trinajstić information content (AvgIpc) is 2.80. The van der Waals surface area contributed by atoms with Gasteiger partial charge < -0.3 is 9.47 Å². The minimum absolute atomic E-state index is 0.0247. The summed E-state index contributed by atoms with van der Waals surface area (Å²) in [6, 6.07) is 18.6. The topological polar surface area (TPSA) is 99.0 Å². The Morgan fingerprint density at radius 3 is 2.19 bits per heavy atom. The van der Waals surface area contributed by atoms with Gasteiger partial charge in [0.05, 0.1) is 29.0 Å². The third-order valence-corrected chi connectivity index (χ3v) is 5.75. The molecule has 1 aliphatic rings. The molecular weight excluding hydrogens is 420 g/mol. The fourth-order valence-corrected chi connectivity index (χ4v) is 4.27. The van der Waals surface area contributed by atoms with E-state index in [1.807, 2.05) is 48.5 Å². The molecule has 1 aliphatic heterocycles. The van der Waals surface area contributed by atoms with Crippen LogP contribution in [-0.4, -0.2) is 30.5 Å². The maximum atomic E-state index is 13.0. The summed E-state index contributed by atoms with van der Waals surface area (Å²) in [7, 11) is 1.30. The lowest BCUT2D eigenvalue weighted by Gasteiger charge is -2.30. The Bertz CT molecular complexity index is 1150. The van der Waals surface area contributed by atoms with Crippen molar-refractivity contribution in [3.8, 4) is 5.75 Å². The van der Waals surface area contributed by atoms with Crippen molar-refractivity contribution in [2.45, 2.75) is 9.79 Å². The Morgan fingerprint density at radius 1 is 1.00 bits per heavy atom. The molecule has 0 unspecified atom stereocenters. The molecule has 0 saturated carbocycles. The minimum atomic E-state index is -0.841. The summed E-state index contributed by atoms with van der Waals surface area (Å²) in [5.74, 6) is -1.25. The molecule has 0 atom stereocenters. The van der Waals surface area contributed by atoms with Gasteiger partial charge in [-0.2, -0.15) is 0 Å². The summed E-state index contributed by atoms with van der Waals surface area (Å²) < 4.78 is 10.1.